The fourth-order valence-electron chi connectivity index (χ4n) is 1.42. The molecule has 96 valence electrons. The molecule has 0 N–H and O–H groups in total. The minimum absolute atomic E-state index is 0.0349. The maximum Gasteiger partial charge on any atom is 0.319 e. The van der Waals surface area contributed by atoms with Gasteiger partial charge in [-0.25, -0.2) is 9.37 Å². The zero-order valence-corrected chi connectivity index (χ0v) is 9.91. The number of aromatic nitrogens is 2. The SMILES string of the molecule is O=S(Cc1nccn1C(F)F)c1ccc(F)cc1. The maximum absolute atomic E-state index is 12.7. The van der Waals surface area contributed by atoms with E-state index in [-0.39, 0.29) is 11.6 Å². The van der Waals surface area contributed by atoms with Crippen molar-refractivity contribution >= 4 is 10.8 Å². The Bertz CT molecular complexity index is 554. The molecular formula is C11H9F3N2OS. The molecule has 0 saturated carbocycles. The summed E-state index contributed by atoms with van der Waals surface area (Å²) >= 11 is 0. The smallest absolute Gasteiger partial charge is 0.277 e. The number of halogens is 3. The summed E-state index contributed by atoms with van der Waals surface area (Å²) in [5, 5.41) is 0. The fourth-order valence-corrected chi connectivity index (χ4v) is 2.48. The number of rotatable bonds is 4. The largest absolute Gasteiger partial charge is 0.319 e. The molecule has 1 unspecified atom stereocenters. The van der Waals surface area contributed by atoms with E-state index in [0.29, 0.717) is 9.46 Å². The molecule has 2 aromatic rings. The molecule has 0 aliphatic carbocycles. The minimum Gasteiger partial charge on any atom is -0.277 e. The molecule has 0 spiro atoms. The highest BCUT2D eigenvalue weighted by Crippen LogP contribution is 2.16. The molecular weight excluding hydrogens is 265 g/mol. The van der Waals surface area contributed by atoms with E-state index in [2.05, 4.69) is 4.98 Å². The molecule has 0 saturated heterocycles. The lowest BCUT2D eigenvalue weighted by Gasteiger charge is -2.06. The van der Waals surface area contributed by atoms with E-state index in [0.717, 1.165) is 6.20 Å². The molecule has 1 atom stereocenters. The number of hydrogen-bond donors (Lipinski definition) is 0. The first-order valence-electron chi connectivity index (χ1n) is 5.01. The molecule has 1 aromatic heterocycles. The highest BCUT2D eigenvalue weighted by Gasteiger charge is 2.14. The summed E-state index contributed by atoms with van der Waals surface area (Å²) < 4.78 is 50.3. The number of imidazole rings is 1. The van der Waals surface area contributed by atoms with Crippen molar-refractivity contribution in [3.8, 4) is 0 Å². The van der Waals surface area contributed by atoms with E-state index in [1.807, 2.05) is 0 Å². The van der Waals surface area contributed by atoms with Gasteiger partial charge < -0.3 is 0 Å². The summed E-state index contributed by atoms with van der Waals surface area (Å²) in [5.41, 5.74) is 0. The third-order valence-electron chi connectivity index (χ3n) is 2.30. The standard InChI is InChI=1S/C11H9F3N2OS/c12-8-1-3-9(4-2-8)18(17)7-10-15-5-6-16(10)11(13)14/h1-6,11H,7H2. The summed E-state index contributed by atoms with van der Waals surface area (Å²) in [7, 11) is -1.53. The van der Waals surface area contributed by atoms with Crippen molar-refractivity contribution in [3.05, 3.63) is 48.3 Å². The molecule has 1 aromatic carbocycles. The van der Waals surface area contributed by atoms with Crippen molar-refractivity contribution in [2.75, 3.05) is 0 Å². The molecule has 0 radical (unpaired) electrons. The lowest BCUT2D eigenvalue weighted by Crippen LogP contribution is -2.07. The van der Waals surface area contributed by atoms with E-state index in [1.165, 1.54) is 30.5 Å². The fraction of sp³-hybridized carbons (Fsp3) is 0.182. The Kier molecular flexibility index (Phi) is 3.81. The summed E-state index contributed by atoms with van der Waals surface area (Å²) in [6.07, 6.45) is 2.35. The Morgan fingerprint density at radius 3 is 2.56 bits per heavy atom. The van der Waals surface area contributed by atoms with Gasteiger partial charge in [-0.3, -0.25) is 8.78 Å². The van der Waals surface area contributed by atoms with Crippen LogP contribution in [0.5, 0.6) is 0 Å². The van der Waals surface area contributed by atoms with Crippen LogP contribution in [0.3, 0.4) is 0 Å². The van der Waals surface area contributed by atoms with Gasteiger partial charge in [-0.15, -0.1) is 0 Å². The summed E-state index contributed by atoms with van der Waals surface area (Å²) in [5.74, 6) is -0.541. The average Bonchev–Trinajstić information content (AvgIpc) is 2.78. The van der Waals surface area contributed by atoms with E-state index in [9.17, 15) is 17.4 Å². The molecule has 0 aliphatic heterocycles. The molecule has 1 heterocycles. The Balaban J connectivity index is 2.16. The Morgan fingerprint density at radius 2 is 1.94 bits per heavy atom. The molecule has 7 heteroatoms. The van der Waals surface area contributed by atoms with Gasteiger partial charge in [0.05, 0.1) is 16.6 Å². The van der Waals surface area contributed by atoms with Crippen LogP contribution >= 0.6 is 0 Å². The molecule has 0 amide bonds. The zero-order chi connectivity index (χ0) is 13.1. The predicted octanol–water partition coefficient (Wildman–Crippen LogP) is 2.73. The van der Waals surface area contributed by atoms with E-state index in [4.69, 9.17) is 0 Å². The van der Waals surface area contributed by atoms with Gasteiger partial charge in [-0.05, 0) is 24.3 Å². The van der Waals surface area contributed by atoms with Gasteiger partial charge >= 0.3 is 6.55 Å². The first-order chi connectivity index (χ1) is 8.58. The van der Waals surface area contributed by atoms with Crippen LogP contribution in [0.4, 0.5) is 13.2 Å². The first kappa shape index (κ1) is 12.8. The monoisotopic (exact) mass is 274 g/mol. The van der Waals surface area contributed by atoms with E-state index >= 15 is 0 Å². The normalized spacial score (nSPS) is 12.9. The molecule has 0 bridgehead atoms. The second kappa shape index (κ2) is 5.34. The van der Waals surface area contributed by atoms with E-state index < -0.39 is 23.2 Å². The van der Waals surface area contributed by atoms with Crippen molar-refractivity contribution in [1.29, 1.82) is 0 Å². The Morgan fingerprint density at radius 1 is 1.28 bits per heavy atom. The average molecular weight is 274 g/mol. The van der Waals surface area contributed by atoms with Gasteiger partial charge in [0.1, 0.15) is 11.6 Å². The number of alkyl halides is 2. The summed E-state index contributed by atoms with van der Waals surface area (Å²) in [6.45, 7) is -2.72. The minimum atomic E-state index is -2.72. The first-order valence-corrected chi connectivity index (χ1v) is 6.33. The summed E-state index contributed by atoms with van der Waals surface area (Å²) in [6, 6.07) is 5.07. The van der Waals surface area contributed by atoms with Crippen molar-refractivity contribution in [1.82, 2.24) is 9.55 Å². The Labute approximate surface area is 104 Å². The van der Waals surface area contributed by atoms with Crippen LogP contribution in [0.1, 0.15) is 12.4 Å². The quantitative estimate of drug-likeness (QED) is 0.859. The molecule has 18 heavy (non-hydrogen) atoms. The topological polar surface area (TPSA) is 34.9 Å². The molecule has 2 rings (SSSR count). The van der Waals surface area contributed by atoms with E-state index in [1.54, 1.807) is 0 Å². The molecule has 0 fully saturated rings. The lowest BCUT2D eigenvalue weighted by atomic mass is 10.4. The van der Waals surface area contributed by atoms with Crippen LogP contribution in [-0.2, 0) is 16.6 Å². The maximum atomic E-state index is 12.7. The third-order valence-corrected chi connectivity index (χ3v) is 3.61. The Hall–Kier alpha value is -1.63. The highest BCUT2D eigenvalue weighted by atomic mass is 32.2. The lowest BCUT2D eigenvalue weighted by molar-refractivity contribution is 0.0677. The predicted molar refractivity (Wildman–Crippen MR) is 60.0 cm³/mol. The van der Waals surface area contributed by atoms with Crippen molar-refractivity contribution in [2.45, 2.75) is 17.2 Å². The molecule has 0 aliphatic rings. The number of nitrogens with zero attached hydrogens (tertiary/aromatic N) is 2. The van der Waals surface area contributed by atoms with Crippen LogP contribution in [0, 0.1) is 5.82 Å². The van der Waals surface area contributed by atoms with Gasteiger partial charge in [-0.1, -0.05) is 0 Å². The van der Waals surface area contributed by atoms with Gasteiger partial charge in [0.25, 0.3) is 0 Å². The zero-order valence-electron chi connectivity index (χ0n) is 9.09. The van der Waals surface area contributed by atoms with Gasteiger partial charge in [-0.2, -0.15) is 8.78 Å². The van der Waals surface area contributed by atoms with Crippen LogP contribution in [0.15, 0.2) is 41.6 Å². The van der Waals surface area contributed by atoms with Crippen LogP contribution in [0.25, 0.3) is 0 Å². The third kappa shape index (κ3) is 2.79. The number of hydrogen-bond acceptors (Lipinski definition) is 2. The van der Waals surface area contributed by atoms with Crippen LogP contribution in [-0.4, -0.2) is 13.8 Å². The van der Waals surface area contributed by atoms with Gasteiger partial charge in [0, 0.05) is 17.3 Å². The van der Waals surface area contributed by atoms with Gasteiger partial charge in [0.2, 0.25) is 0 Å². The van der Waals surface area contributed by atoms with Crippen molar-refractivity contribution < 1.29 is 17.4 Å². The second-order valence-corrected chi connectivity index (χ2v) is 4.92. The molecule has 3 nitrogen and oxygen atoms in total. The van der Waals surface area contributed by atoms with Crippen molar-refractivity contribution in [3.63, 3.8) is 0 Å². The van der Waals surface area contributed by atoms with Crippen molar-refractivity contribution in [2.24, 2.45) is 0 Å². The second-order valence-electron chi connectivity index (χ2n) is 3.47. The van der Waals surface area contributed by atoms with Crippen LogP contribution < -0.4 is 0 Å². The number of benzene rings is 1. The van der Waals surface area contributed by atoms with Crippen LogP contribution in [0.2, 0.25) is 0 Å². The summed E-state index contributed by atoms with van der Waals surface area (Å²) in [4.78, 5) is 4.11. The van der Waals surface area contributed by atoms with Gasteiger partial charge in [0.15, 0.2) is 0 Å². The highest BCUT2D eigenvalue weighted by molar-refractivity contribution is 7.84.